The normalized spacial score (nSPS) is 23.8. The van der Waals surface area contributed by atoms with Crippen LogP contribution in [-0.2, 0) is 6.54 Å². The van der Waals surface area contributed by atoms with Crippen molar-refractivity contribution in [1.82, 2.24) is 9.88 Å². The molecule has 0 unspecified atom stereocenters. The third-order valence-electron chi connectivity index (χ3n) is 4.66. The summed E-state index contributed by atoms with van der Waals surface area (Å²) in [4.78, 5) is 6.75. The van der Waals surface area contributed by atoms with Crippen molar-refractivity contribution in [3.63, 3.8) is 0 Å². The van der Waals surface area contributed by atoms with Gasteiger partial charge >= 0.3 is 0 Å². The molecule has 108 valence electrons. The Labute approximate surface area is 118 Å². The molecule has 0 bridgehead atoms. The molecular weight excluding hydrogens is 258 g/mol. The van der Waals surface area contributed by atoms with E-state index in [0.717, 1.165) is 36.6 Å². The molecule has 1 aliphatic heterocycles. The Balaban J connectivity index is 1.63. The number of aromatic nitrogens is 1. The van der Waals surface area contributed by atoms with E-state index < -0.39 is 11.3 Å². The minimum Gasteiger partial charge on any atom is -0.297 e. The summed E-state index contributed by atoms with van der Waals surface area (Å²) in [5.41, 5.74) is 2.36. The summed E-state index contributed by atoms with van der Waals surface area (Å²) in [6.07, 6.45) is 3.06. The van der Waals surface area contributed by atoms with E-state index in [4.69, 9.17) is 0 Å². The van der Waals surface area contributed by atoms with Crippen molar-refractivity contribution in [2.75, 3.05) is 13.1 Å². The number of pyridine rings is 1. The smallest absolute Gasteiger partial charge is 0.254 e. The predicted molar refractivity (Wildman–Crippen MR) is 75.6 cm³/mol. The average molecular weight is 278 g/mol. The van der Waals surface area contributed by atoms with Crippen LogP contribution >= 0.6 is 0 Å². The number of alkyl halides is 2. The quantitative estimate of drug-likeness (QED) is 0.839. The molecule has 0 N–H and O–H groups in total. The van der Waals surface area contributed by atoms with E-state index in [2.05, 4.69) is 22.5 Å². The van der Waals surface area contributed by atoms with Crippen LogP contribution in [0.25, 0.3) is 6.08 Å². The number of nitrogens with zero attached hydrogens (tertiary/aromatic N) is 2. The summed E-state index contributed by atoms with van der Waals surface area (Å²) in [6.45, 7) is 8.01. The van der Waals surface area contributed by atoms with Crippen molar-refractivity contribution in [3.05, 3.63) is 35.7 Å². The molecule has 1 aliphatic carbocycles. The van der Waals surface area contributed by atoms with Crippen molar-refractivity contribution in [3.8, 4) is 0 Å². The molecule has 20 heavy (non-hydrogen) atoms. The highest BCUT2D eigenvalue weighted by Crippen LogP contribution is 2.65. The SMILES string of the molecule is C=Cc1cc(C)cc(CN2CCC3(CC2)CC3(F)F)n1. The van der Waals surface area contributed by atoms with Gasteiger partial charge in [-0.3, -0.25) is 9.88 Å². The van der Waals surface area contributed by atoms with Gasteiger partial charge in [-0.2, -0.15) is 0 Å². The van der Waals surface area contributed by atoms with Gasteiger partial charge in [0.15, 0.2) is 0 Å². The Morgan fingerprint density at radius 2 is 2.00 bits per heavy atom. The Bertz CT molecular complexity index is 531. The number of hydrogen-bond acceptors (Lipinski definition) is 2. The van der Waals surface area contributed by atoms with Gasteiger partial charge in [0, 0.05) is 18.4 Å². The maximum Gasteiger partial charge on any atom is 0.254 e. The first-order valence-corrected chi connectivity index (χ1v) is 7.14. The molecular formula is C16H20F2N2. The average Bonchev–Trinajstić information content (AvgIpc) is 2.93. The lowest BCUT2D eigenvalue weighted by Crippen LogP contribution is -2.36. The van der Waals surface area contributed by atoms with Crippen LogP contribution in [0.3, 0.4) is 0 Å². The number of hydrogen-bond donors (Lipinski definition) is 0. The highest BCUT2D eigenvalue weighted by atomic mass is 19.3. The molecule has 1 saturated heterocycles. The second-order valence-corrected chi connectivity index (χ2v) is 6.20. The molecule has 0 amide bonds. The molecule has 2 heterocycles. The molecule has 2 aliphatic rings. The van der Waals surface area contributed by atoms with Gasteiger partial charge in [0.1, 0.15) is 0 Å². The van der Waals surface area contributed by atoms with E-state index >= 15 is 0 Å². The van der Waals surface area contributed by atoms with Gasteiger partial charge in [0.25, 0.3) is 5.92 Å². The Hall–Kier alpha value is -1.29. The third-order valence-corrected chi connectivity index (χ3v) is 4.66. The molecule has 0 aromatic carbocycles. The first kappa shape index (κ1) is 13.7. The summed E-state index contributed by atoms with van der Waals surface area (Å²) in [7, 11) is 0. The number of aryl methyl sites for hydroxylation is 1. The zero-order valence-electron chi connectivity index (χ0n) is 11.8. The second kappa shape index (κ2) is 4.62. The lowest BCUT2D eigenvalue weighted by molar-refractivity contribution is 0.0298. The van der Waals surface area contributed by atoms with Crippen LogP contribution in [0.4, 0.5) is 8.78 Å². The van der Waals surface area contributed by atoms with Crippen molar-refractivity contribution in [2.45, 2.75) is 38.7 Å². The first-order chi connectivity index (χ1) is 9.44. The Morgan fingerprint density at radius 1 is 1.35 bits per heavy atom. The predicted octanol–water partition coefficient (Wildman–Crippen LogP) is 3.65. The van der Waals surface area contributed by atoms with E-state index in [1.54, 1.807) is 6.08 Å². The van der Waals surface area contributed by atoms with E-state index in [-0.39, 0.29) is 6.42 Å². The highest BCUT2D eigenvalue weighted by molar-refractivity contribution is 5.43. The molecule has 3 rings (SSSR count). The van der Waals surface area contributed by atoms with Gasteiger partial charge in [0.05, 0.1) is 11.4 Å². The fraction of sp³-hybridized carbons (Fsp3) is 0.562. The van der Waals surface area contributed by atoms with Crippen LogP contribution in [0.15, 0.2) is 18.7 Å². The van der Waals surface area contributed by atoms with Gasteiger partial charge in [0.2, 0.25) is 0 Å². The number of rotatable bonds is 3. The second-order valence-electron chi connectivity index (χ2n) is 6.20. The molecule has 2 fully saturated rings. The zero-order valence-corrected chi connectivity index (χ0v) is 11.8. The van der Waals surface area contributed by atoms with Crippen LogP contribution in [0.1, 0.15) is 36.2 Å². The van der Waals surface area contributed by atoms with Gasteiger partial charge in [-0.1, -0.05) is 6.58 Å². The fourth-order valence-electron chi connectivity index (χ4n) is 3.25. The van der Waals surface area contributed by atoms with E-state index in [0.29, 0.717) is 12.8 Å². The maximum atomic E-state index is 13.3. The Kier molecular flexibility index (Phi) is 3.16. The largest absolute Gasteiger partial charge is 0.297 e. The summed E-state index contributed by atoms with van der Waals surface area (Å²) >= 11 is 0. The van der Waals surface area contributed by atoms with E-state index in [1.807, 2.05) is 13.0 Å². The van der Waals surface area contributed by atoms with Crippen molar-refractivity contribution < 1.29 is 8.78 Å². The monoisotopic (exact) mass is 278 g/mol. The van der Waals surface area contributed by atoms with Crippen LogP contribution < -0.4 is 0 Å². The van der Waals surface area contributed by atoms with Gasteiger partial charge in [-0.05, 0) is 56.6 Å². The molecule has 4 heteroatoms. The molecule has 1 saturated carbocycles. The first-order valence-electron chi connectivity index (χ1n) is 7.14. The summed E-state index contributed by atoms with van der Waals surface area (Å²) in [5, 5.41) is 0. The molecule has 1 aromatic heterocycles. The molecule has 1 spiro atoms. The highest BCUT2D eigenvalue weighted by Gasteiger charge is 2.70. The molecule has 2 nitrogen and oxygen atoms in total. The van der Waals surface area contributed by atoms with Gasteiger partial charge in [-0.25, -0.2) is 8.78 Å². The van der Waals surface area contributed by atoms with Crippen LogP contribution in [0, 0.1) is 12.3 Å². The molecule has 1 aromatic rings. The third kappa shape index (κ3) is 2.37. The zero-order chi connectivity index (χ0) is 14.4. The van der Waals surface area contributed by atoms with E-state index in [9.17, 15) is 8.78 Å². The van der Waals surface area contributed by atoms with Gasteiger partial charge < -0.3 is 0 Å². The summed E-state index contributed by atoms with van der Waals surface area (Å²) in [6, 6.07) is 4.05. The number of halogens is 2. The molecule has 0 atom stereocenters. The number of piperidine rings is 1. The topological polar surface area (TPSA) is 16.1 Å². The summed E-state index contributed by atoms with van der Waals surface area (Å²) < 4.78 is 26.7. The standard InChI is InChI=1S/C16H20F2N2/c1-3-13-8-12(2)9-14(19-13)10-20-6-4-15(5-7-20)11-16(15,17)18/h3,8-9H,1,4-7,10-11H2,2H3. The minimum absolute atomic E-state index is 0.0944. The maximum absolute atomic E-state index is 13.3. The van der Waals surface area contributed by atoms with Crippen molar-refractivity contribution in [2.24, 2.45) is 5.41 Å². The minimum atomic E-state index is -2.41. The molecule has 0 radical (unpaired) electrons. The van der Waals surface area contributed by atoms with Crippen LogP contribution in [0.5, 0.6) is 0 Å². The van der Waals surface area contributed by atoms with E-state index in [1.165, 1.54) is 0 Å². The van der Waals surface area contributed by atoms with Crippen molar-refractivity contribution >= 4 is 6.08 Å². The van der Waals surface area contributed by atoms with Crippen LogP contribution in [-0.4, -0.2) is 28.9 Å². The summed E-state index contributed by atoms with van der Waals surface area (Å²) in [5.74, 6) is -2.41. The van der Waals surface area contributed by atoms with Crippen molar-refractivity contribution in [1.29, 1.82) is 0 Å². The lowest BCUT2D eigenvalue weighted by Gasteiger charge is -2.32. The lowest BCUT2D eigenvalue weighted by atomic mass is 9.93. The fourth-order valence-corrected chi connectivity index (χ4v) is 3.25. The van der Waals surface area contributed by atoms with Gasteiger partial charge in [-0.15, -0.1) is 0 Å². The number of likely N-dealkylation sites (tertiary alicyclic amines) is 1. The Morgan fingerprint density at radius 3 is 2.55 bits per heavy atom. The van der Waals surface area contributed by atoms with Crippen LogP contribution in [0.2, 0.25) is 0 Å².